The molecule has 1 aliphatic heterocycles. The maximum Gasteiger partial charge on any atom is 0.0360 e. The van der Waals surface area contributed by atoms with Crippen molar-refractivity contribution in [2.45, 2.75) is 38.8 Å². The SMILES string of the molecule is CCN(CC)C1CCN(C(CCN)c2ccccc2)C1. The third-order valence-corrected chi connectivity index (χ3v) is 4.59. The molecule has 0 aromatic heterocycles. The monoisotopic (exact) mass is 275 g/mol. The quantitative estimate of drug-likeness (QED) is 0.830. The third kappa shape index (κ3) is 3.60. The minimum absolute atomic E-state index is 0.488. The van der Waals surface area contributed by atoms with Crippen LogP contribution in [0.15, 0.2) is 30.3 Å². The summed E-state index contributed by atoms with van der Waals surface area (Å²) in [5.74, 6) is 0. The molecule has 1 fully saturated rings. The first-order valence-corrected chi connectivity index (χ1v) is 8.03. The van der Waals surface area contributed by atoms with Crippen molar-refractivity contribution in [3.63, 3.8) is 0 Å². The van der Waals surface area contributed by atoms with Crippen molar-refractivity contribution >= 4 is 0 Å². The Hall–Kier alpha value is -0.900. The fourth-order valence-corrected chi connectivity index (χ4v) is 3.48. The Morgan fingerprint density at radius 2 is 1.95 bits per heavy atom. The fourth-order valence-electron chi connectivity index (χ4n) is 3.48. The van der Waals surface area contributed by atoms with Gasteiger partial charge in [0.25, 0.3) is 0 Å². The van der Waals surface area contributed by atoms with Gasteiger partial charge >= 0.3 is 0 Å². The summed E-state index contributed by atoms with van der Waals surface area (Å²) in [6.07, 6.45) is 2.34. The molecule has 0 bridgehead atoms. The molecule has 1 aliphatic rings. The predicted octanol–water partition coefficient (Wildman–Crippen LogP) is 2.49. The number of rotatable bonds is 7. The molecular weight excluding hydrogens is 246 g/mol. The summed E-state index contributed by atoms with van der Waals surface area (Å²) in [6, 6.07) is 12.0. The Morgan fingerprint density at radius 1 is 1.25 bits per heavy atom. The standard InChI is InChI=1S/C17H29N3/c1-3-19(4-2)16-11-13-20(14-16)17(10-12-18)15-8-6-5-7-9-15/h5-9,16-17H,3-4,10-14,18H2,1-2H3. The second kappa shape index (κ2) is 7.77. The molecular formula is C17H29N3. The Bertz CT molecular complexity index is 375. The van der Waals surface area contributed by atoms with Crippen molar-refractivity contribution in [2.24, 2.45) is 5.73 Å². The van der Waals surface area contributed by atoms with Gasteiger partial charge in [-0.05, 0) is 38.0 Å². The molecule has 3 nitrogen and oxygen atoms in total. The summed E-state index contributed by atoms with van der Waals surface area (Å²) in [7, 11) is 0. The largest absolute Gasteiger partial charge is 0.330 e. The molecule has 1 heterocycles. The molecule has 0 aliphatic carbocycles. The van der Waals surface area contributed by atoms with Crippen LogP contribution in [-0.2, 0) is 0 Å². The molecule has 0 radical (unpaired) electrons. The van der Waals surface area contributed by atoms with E-state index in [9.17, 15) is 0 Å². The smallest absolute Gasteiger partial charge is 0.0360 e. The predicted molar refractivity (Wildman–Crippen MR) is 85.8 cm³/mol. The van der Waals surface area contributed by atoms with E-state index in [4.69, 9.17) is 5.73 Å². The van der Waals surface area contributed by atoms with Crippen molar-refractivity contribution in [1.29, 1.82) is 0 Å². The molecule has 112 valence electrons. The molecule has 2 unspecified atom stereocenters. The summed E-state index contributed by atoms with van der Waals surface area (Å²) in [5.41, 5.74) is 7.26. The Labute approximate surface area is 123 Å². The first-order valence-electron chi connectivity index (χ1n) is 8.03. The lowest BCUT2D eigenvalue weighted by Crippen LogP contribution is -2.38. The van der Waals surface area contributed by atoms with Crippen molar-refractivity contribution in [3.8, 4) is 0 Å². The molecule has 2 N–H and O–H groups in total. The number of hydrogen-bond acceptors (Lipinski definition) is 3. The molecule has 0 amide bonds. The number of hydrogen-bond donors (Lipinski definition) is 1. The van der Waals surface area contributed by atoms with E-state index in [0.29, 0.717) is 12.1 Å². The second-order valence-corrected chi connectivity index (χ2v) is 5.66. The topological polar surface area (TPSA) is 32.5 Å². The molecule has 1 aromatic carbocycles. The minimum atomic E-state index is 0.488. The Balaban J connectivity index is 2.05. The molecule has 2 rings (SSSR count). The van der Waals surface area contributed by atoms with Crippen LogP contribution < -0.4 is 5.73 Å². The number of benzene rings is 1. The molecule has 20 heavy (non-hydrogen) atoms. The normalized spacial score (nSPS) is 21.5. The first-order chi connectivity index (χ1) is 9.80. The highest BCUT2D eigenvalue weighted by Crippen LogP contribution is 2.29. The van der Waals surface area contributed by atoms with Crippen LogP contribution in [0.25, 0.3) is 0 Å². The van der Waals surface area contributed by atoms with Crippen LogP contribution >= 0.6 is 0 Å². The van der Waals surface area contributed by atoms with Gasteiger partial charge in [-0.3, -0.25) is 9.80 Å². The number of nitrogens with zero attached hydrogens (tertiary/aromatic N) is 2. The van der Waals surface area contributed by atoms with Crippen molar-refractivity contribution in [1.82, 2.24) is 9.80 Å². The molecule has 0 spiro atoms. The van der Waals surface area contributed by atoms with Gasteiger partial charge in [0.2, 0.25) is 0 Å². The lowest BCUT2D eigenvalue weighted by Gasteiger charge is -2.30. The van der Waals surface area contributed by atoms with Gasteiger partial charge in [0.05, 0.1) is 0 Å². The number of likely N-dealkylation sites (tertiary alicyclic amines) is 1. The average molecular weight is 275 g/mol. The molecule has 1 saturated heterocycles. The maximum absolute atomic E-state index is 5.84. The van der Waals surface area contributed by atoms with Crippen LogP contribution in [0.1, 0.15) is 38.3 Å². The van der Waals surface area contributed by atoms with Gasteiger partial charge in [0.1, 0.15) is 0 Å². The molecule has 1 aromatic rings. The lowest BCUT2D eigenvalue weighted by atomic mass is 10.0. The van der Waals surface area contributed by atoms with Gasteiger partial charge < -0.3 is 5.73 Å². The van der Waals surface area contributed by atoms with Crippen molar-refractivity contribution in [3.05, 3.63) is 35.9 Å². The van der Waals surface area contributed by atoms with E-state index >= 15 is 0 Å². The van der Waals surface area contributed by atoms with E-state index in [1.807, 2.05) is 0 Å². The van der Waals surface area contributed by atoms with Gasteiger partial charge in [-0.2, -0.15) is 0 Å². The van der Waals surface area contributed by atoms with Crippen molar-refractivity contribution < 1.29 is 0 Å². The summed E-state index contributed by atoms with van der Waals surface area (Å²) in [5, 5.41) is 0. The minimum Gasteiger partial charge on any atom is -0.330 e. The highest BCUT2D eigenvalue weighted by molar-refractivity contribution is 5.19. The lowest BCUT2D eigenvalue weighted by molar-refractivity contribution is 0.184. The fraction of sp³-hybridized carbons (Fsp3) is 0.647. The van der Waals surface area contributed by atoms with Gasteiger partial charge in [0, 0.05) is 25.2 Å². The van der Waals surface area contributed by atoms with Crippen LogP contribution in [0.4, 0.5) is 0 Å². The van der Waals surface area contributed by atoms with Gasteiger partial charge in [0.15, 0.2) is 0 Å². The van der Waals surface area contributed by atoms with Crippen LogP contribution in [0, 0.1) is 0 Å². The van der Waals surface area contributed by atoms with Crippen LogP contribution in [-0.4, -0.2) is 48.6 Å². The second-order valence-electron chi connectivity index (χ2n) is 5.66. The highest BCUT2D eigenvalue weighted by Gasteiger charge is 2.30. The van der Waals surface area contributed by atoms with Gasteiger partial charge in [-0.1, -0.05) is 44.2 Å². The van der Waals surface area contributed by atoms with E-state index in [1.165, 1.54) is 25.1 Å². The maximum atomic E-state index is 5.84. The summed E-state index contributed by atoms with van der Waals surface area (Å²) < 4.78 is 0. The van der Waals surface area contributed by atoms with E-state index < -0.39 is 0 Å². The zero-order chi connectivity index (χ0) is 14.4. The first kappa shape index (κ1) is 15.5. The summed E-state index contributed by atoms with van der Waals surface area (Å²) >= 11 is 0. The van der Waals surface area contributed by atoms with E-state index in [1.54, 1.807) is 0 Å². The van der Waals surface area contributed by atoms with Crippen LogP contribution in [0.3, 0.4) is 0 Å². The average Bonchev–Trinajstić information content (AvgIpc) is 2.96. The zero-order valence-electron chi connectivity index (χ0n) is 13.0. The number of likely N-dealkylation sites (N-methyl/N-ethyl adjacent to an activating group) is 1. The Kier molecular flexibility index (Phi) is 6.02. The van der Waals surface area contributed by atoms with E-state index in [-0.39, 0.29) is 0 Å². The summed E-state index contributed by atoms with van der Waals surface area (Å²) in [6.45, 7) is 9.97. The van der Waals surface area contributed by atoms with Gasteiger partial charge in [-0.15, -0.1) is 0 Å². The molecule has 0 saturated carbocycles. The van der Waals surface area contributed by atoms with Crippen LogP contribution in [0.5, 0.6) is 0 Å². The summed E-state index contributed by atoms with van der Waals surface area (Å²) in [4.78, 5) is 5.22. The third-order valence-electron chi connectivity index (χ3n) is 4.59. The zero-order valence-corrected chi connectivity index (χ0v) is 13.0. The van der Waals surface area contributed by atoms with Crippen molar-refractivity contribution in [2.75, 3.05) is 32.7 Å². The highest BCUT2D eigenvalue weighted by atomic mass is 15.3. The number of nitrogens with two attached hydrogens (primary N) is 1. The van der Waals surface area contributed by atoms with E-state index in [2.05, 4.69) is 54.0 Å². The molecule has 3 heteroatoms. The molecule has 2 atom stereocenters. The van der Waals surface area contributed by atoms with Crippen LogP contribution in [0.2, 0.25) is 0 Å². The van der Waals surface area contributed by atoms with Gasteiger partial charge in [-0.25, -0.2) is 0 Å². The Morgan fingerprint density at radius 3 is 2.55 bits per heavy atom. The van der Waals surface area contributed by atoms with E-state index in [0.717, 1.165) is 26.1 Å².